The van der Waals surface area contributed by atoms with Gasteiger partial charge in [-0.25, -0.2) is 0 Å². The minimum Gasteiger partial charge on any atom is -0.496 e. The van der Waals surface area contributed by atoms with Gasteiger partial charge in [-0.2, -0.15) is 0 Å². The maximum atomic E-state index is 5.93. The molecule has 0 saturated carbocycles. The van der Waals surface area contributed by atoms with Crippen LogP contribution in [0, 0.1) is 0 Å². The van der Waals surface area contributed by atoms with Crippen molar-refractivity contribution in [3.63, 3.8) is 0 Å². The van der Waals surface area contributed by atoms with Gasteiger partial charge >= 0.3 is 0 Å². The first-order chi connectivity index (χ1) is 8.20. The van der Waals surface area contributed by atoms with Gasteiger partial charge in [-0.15, -0.1) is 0 Å². The summed E-state index contributed by atoms with van der Waals surface area (Å²) < 4.78 is 5.42. The van der Waals surface area contributed by atoms with E-state index in [1.54, 1.807) is 7.11 Å². The molecule has 2 rings (SSSR count). The molecule has 1 fully saturated rings. The van der Waals surface area contributed by atoms with E-state index in [1.165, 1.54) is 37.1 Å². The molecule has 3 heteroatoms. The lowest BCUT2D eigenvalue weighted by Crippen LogP contribution is -2.19. The van der Waals surface area contributed by atoms with E-state index in [0.29, 0.717) is 0 Å². The Morgan fingerprint density at radius 2 is 2.06 bits per heavy atom. The number of nitrogens with two attached hydrogens (primary N) is 1. The number of hydrogen-bond acceptors (Lipinski definition) is 3. The molecule has 1 atom stereocenters. The van der Waals surface area contributed by atoms with E-state index in [1.807, 2.05) is 13.0 Å². The summed E-state index contributed by atoms with van der Waals surface area (Å²) in [6.45, 7) is 5.39. The average Bonchev–Trinajstić information content (AvgIpc) is 2.81. The molecule has 0 spiro atoms. The van der Waals surface area contributed by atoms with Gasteiger partial charge in [0, 0.05) is 18.2 Å². The Morgan fingerprint density at radius 1 is 1.35 bits per heavy atom. The summed E-state index contributed by atoms with van der Waals surface area (Å²) in [5.41, 5.74) is 8.36. The van der Waals surface area contributed by atoms with Crippen molar-refractivity contribution in [2.24, 2.45) is 5.73 Å². The highest BCUT2D eigenvalue weighted by Crippen LogP contribution is 2.25. The molecule has 94 valence electrons. The van der Waals surface area contributed by atoms with E-state index >= 15 is 0 Å². The molecule has 0 amide bonds. The van der Waals surface area contributed by atoms with E-state index in [2.05, 4.69) is 17.0 Å². The van der Waals surface area contributed by atoms with Crippen LogP contribution in [0.5, 0.6) is 5.75 Å². The summed E-state index contributed by atoms with van der Waals surface area (Å²) in [6.07, 6.45) is 2.63. The van der Waals surface area contributed by atoms with E-state index in [-0.39, 0.29) is 6.04 Å². The minimum atomic E-state index is 0.0817. The largest absolute Gasteiger partial charge is 0.496 e. The van der Waals surface area contributed by atoms with Crippen molar-refractivity contribution in [2.75, 3.05) is 20.2 Å². The first-order valence-corrected chi connectivity index (χ1v) is 6.35. The molecule has 0 aromatic heterocycles. The zero-order chi connectivity index (χ0) is 12.3. The molecular formula is C14H22N2O. The van der Waals surface area contributed by atoms with Crippen LogP contribution in [0.2, 0.25) is 0 Å². The van der Waals surface area contributed by atoms with Crippen molar-refractivity contribution in [3.8, 4) is 5.75 Å². The first-order valence-electron chi connectivity index (χ1n) is 6.35. The Labute approximate surface area is 104 Å². The zero-order valence-corrected chi connectivity index (χ0v) is 10.8. The summed E-state index contributed by atoms with van der Waals surface area (Å²) in [5.74, 6) is 0.973. The summed E-state index contributed by atoms with van der Waals surface area (Å²) in [7, 11) is 1.73. The van der Waals surface area contributed by atoms with Crippen LogP contribution < -0.4 is 10.5 Å². The van der Waals surface area contributed by atoms with Crippen LogP contribution in [0.15, 0.2) is 18.2 Å². The molecule has 2 N–H and O–H groups in total. The number of benzene rings is 1. The predicted molar refractivity (Wildman–Crippen MR) is 70.1 cm³/mol. The van der Waals surface area contributed by atoms with E-state index in [0.717, 1.165) is 12.3 Å². The molecule has 1 aromatic carbocycles. The molecule has 1 saturated heterocycles. The quantitative estimate of drug-likeness (QED) is 0.869. The van der Waals surface area contributed by atoms with Crippen LogP contribution in [-0.4, -0.2) is 25.1 Å². The van der Waals surface area contributed by atoms with Crippen molar-refractivity contribution < 1.29 is 4.74 Å². The number of methoxy groups -OCH3 is 1. The van der Waals surface area contributed by atoms with E-state index in [4.69, 9.17) is 10.5 Å². The van der Waals surface area contributed by atoms with Crippen molar-refractivity contribution in [1.82, 2.24) is 4.90 Å². The first kappa shape index (κ1) is 12.4. The third-order valence-electron chi connectivity index (χ3n) is 3.42. The van der Waals surface area contributed by atoms with Gasteiger partial charge in [-0.3, -0.25) is 4.90 Å². The molecule has 1 aromatic rings. The fourth-order valence-electron chi connectivity index (χ4n) is 2.39. The van der Waals surface area contributed by atoms with Gasteiger partial charge < -0.3 is 10.5 Å². The van der Waals surface area contributed by atoms with Gasteiger partial charge in [0.1, 0.15) is 5.75 Å². The minimum absolute atomic E-state index is 0.0817. The number of hydrogen-bond donors (Lipinski definition) is 1. The molecule has 1 aliphatic heterocycles. The van der Waals surface area contributed by atoms with Gasteiger partial charge in [0.2, 0.25) is 0 Å². The second-order valence-electron chi connectivity index (χ2n) is 4.84. The van der Waals surface area contributed by atoms with Gasteiger partial charge in [0.15, 0.2) is 0 Å². The number of nitrogens with zero attached hydrogens (tertiary/aromatic N) is 1. The van der Waals surface area contributed by atoms with Crippen LogP contribution in [-0.2, 0) is 6.54 Å². The molecule has 0 radical (unpaired) electrons. The Kier molecular flexibility index (Phi) is 4.02. The highest BCUT2D eigenvalue weighted by atomic mass is 16.5. The summed E-state index contributed by atoms with van der Waals surface area (Å²) in [4.78, 5) is 2.48. The monoisotopic (exact) mass is 234 g/mol. The smallest absolute Gasteiger partial charge is 0.123 e. The Balaban J connectivity index is 2.19. The summed E-state index contributed by atoms with van der Waals surface area (Å²) in [6, 6.07) is 6.35. The Morgan fingerprint density at radius 3 is 2.65 bits per heavy atom. The highest BCUT2D eigenvalue weighted by Gasteiger charge is 2.15. The standard InChI is InChI=1S/C14H22N2O/c1-11(15)12-5-6-14(17-2)13(9-12)10-16-7-3-4-8-16/h5-6,9,11H,3-4,7-8,10,15H2,1-2H3. The average molecular weight is 234 g/mol. The van der Waals surface area contributed by atoms with E-state index in [9.17, 15) is 0 Å². The van der Waals surface area contributed by atoms with Gasteiger partial charge in [-0.05, 0) is 50.6 Å². The number of likely N-dealkylation sites (tertiary alicyclic amines) is 1. The summed E-state index contributed by atoms with van der Waals surface area (Å²) in [5, 5.41) is 0. The van der Waals surface area contributed by atoms with Crippen LogP contribution in [0.25, 0.3) is 0 Å². The third-order valence-corrected chi connectivity index (χ3v) is 3.42. The fourth-order valence-corrected chi connectivity index (χ4v) is 2.39. The van der Waals surface area contributed by atoms with Crippen molar-refractivity contribution in [1.29, 1.82) is 0 Å². The van der Waals surface area contributed by atoms with Gasteiger partial charge in [0.25, 0.3) is 0 Å². The SMILES string of the molecule is COc1ccc(C(C)N)cc1CN1CCCC1. The van der Waals surface area contributed by atoms with Gasteiger partial charge in [-0.1, -0.05) is 6.07 Å². The van der Waals surface area contributed by atoms with Crippen molar-refractivity contribution in [2.45, 2.75) is 32.4 Å². The van der Waals surface area contributed by atoms with Gasteiger partial charge in [0.05, 0.1) is 7.11 Å². The fraction of sp³-hybridized carbons (Fsp3) is 0.571. The van der Waals surface area contributed by atoms with Crippen LogP contribution in [0.3, 0.4) is 0 Å². The second kappa shape index (κ2) is 5.52. The van der Waals surface area contributed by atoms with E-state index < -0.39 is 0 Å². The molecule has 0 aliphatic carbocycles. The lowest BCUT2D eigenvalue weighted by Gasteiger charge is -2.18. The van der Waals surface area contributed by atoms with Crippen LogP contribution >= 0.6 is 0 Å². The van der Waals surface area contributed by atoms with Crippen molar-refractivity contribution in [3.05, 3.63) is 29.3 Å². The molecule has 1 aliphatic rings. The van der Waals surface area contributed by atoms with Crippen molar-refractivity contribution >= 4 is 0 Å². The third kappa shape index (κ3) is 2.99. The Bertz CT molecular complexity index is 370. The second-order valence-corrected chi connectivity index (χ2v) is 4.84. The highest BCUT2D eigenvalue weighted by molar-refractivity contribution is 5.38. The van der Waals surface area contributed by atoms with Crippen LogP contribution in [0.1, 0.15) is 36.9 Å². The number of rotatable bonds is 4. The normalized spacial score (nSPS) is 18.3. The molecular weight excluding hydrogens is 212 g/mol. The topological polar surface area (TPSA) is 38.5 Å². The zero-order valence-electron chi connectivity index (χ0n) is 10.8. The number of ether oxygens (including phenoxy) is 1. The summed E-state index contributed by atoms with van der Waals surface area (Å²) >= 11 is 0. The maximum absolute atomic E-state index is 5.93. The molecule has 1 heterocycles. The molecule has 1 unspecified atom stereocenters. The Hall–Kier alpha value is -1.06. The molecule has 3 nitrogen and oxygen atoms in total. The lowest BCUT2D eigenvalue weighted by molar-refractivity contribution is 0.320. The predicted octanol–water partition coefficient (Wildman–Crippen LogP) is 2.31. The maximum Gasteiger partial charge on any atom is 0.123 e. The van der Waals surface area contributed by atoms with Crippen LogP contribution in [0.4, 0.5) is 0 Å². The molecule has 0 bridgehead atoms. The lowest BCUT2D eigenvalue weighted by atomic mass is 10.0. The molecule has 17 heavy (non-hydrogen) atoms.